The van der Waals surface area contributed by atoms with Gasteiger partial charge in [-0.3, -0.25) is 0 Å². The van der Waals surface area contributed by atoms with Gasteiger partial charge in [0.15, 0.2) is 0 Å². The molecule has 1 aliphatic rings. The molecule has 0 aliphatic heterocycles. The molecule has 0 spiro atoms. The topological polar surface area (TPSA) is 0 Å². The quantitative estimate of drug-likeness (QED) is 0.204. The molecule has 0 bridgehead atoms. The van der Waals surface area contributed by atoms with E-state index in [1.165, 1.54) is 110 Å². The van der Waals surface area contributed by atoms with E-state index in [9.17, 15) is 0 Å². The van der Waals surface area contributed by atoms with E-state index in [0.29, 0.717) is 0 Å². The van der Waals surface area contributed by atoms with Crippen molar-refractivity contribution < 1.29 is 0 Å². The van der Waals surface area contributed by atoms with Gasteiger partial charge in [-0.2, -0.15) is 0 Å². The molecule has 31 heavy (non-hydrogen) atoms. The van der Waals surface area contributed by atoms with Crippen LogP contribution in [0.1, 0.15) is 87.8 Å². The highest BCUT2D eigenvalue weighted by molar-refractivity contribution is 5.85. The maximum Gasteiger partial charge on any atom is -0.000728 e. The SMILES string of the molecule is CCCCCCCCCCCCc1ccccc1-c1cccc2c1Cc1ccccc1-2. The minimum atomic E-state index is 1.06. The number of unbranched alkanes of at least 4 members (excludes halogenated alkanes) is 9. The van der Waals surface area contributed by atoms with Crippen molar-refractivity contribution in [3.8, 4) is 22.3 Å². The van der Waals surface area contributed by atoms with E-state index in [1.807, 2.05) is 0 Å². The van der Waals surface area contributed by atoms with Crippen LogP contribution in [0.15, 0.2) is 66.7 Å². The summed E-state index contributed by atoms with van der Waals surface area (Å²) in [6, 6.07) is 24.9. The van der Waals surface area contributed by atoms with Crippen LogP contribution in [0.4, 0.5) is 0 Å². The number of hydrogen-bond acceptors (Lipinski definition) is 0. The summed E-state index contributed by atoms with van der Waals surface area (Å²) in [6.45, 7) is 2.29. The second kappa shape index (κ2) is 11.3. The molecule has 0 heterocycles. The standard InChI is InChI=1S/C31H38/c1-2-3-4-5-6-7-8-9-10-11-17-25-18-12-14-20-27(25)29-22-16-23-30-28-21-15-13-19-26(28)24-31(29)30/h12-16,18-23H,2-11,17,24H2,1H3. The first kappa shape index (κ1) is 21.9. The highest BCUT2D eigenvalue weighted by Crippen LogP contribution is 2.42. The largest absolute Gasteiger partial charge is 0.0654 e. The zero-order valence-corrected chi connectivity index (χ0v) is 19.3. The van der Waals surface area contributed by atoms with E-state index in [1.54, 1.807) is 0 Å². The van der Waals surface area contributed by atoms with Gasteiger partial charge in [-0.1, -0.05) is 131 Å². The molecule has 0 amide bonds. The highest BCUT2D eigenvalue weighted by atomic mass is 14.2. The molecule has 3 aromatic rings. The lowest BCUT2D eigenvalue weighted by Crippen LogP contribution is -1.94. The van der Waals surface area contributed by atoms with Gasteiger partial charge in [0.2, 0.25) is 0 Å². The summed E-state index contributed by atoms with van der Waals surface area (Å²) < 4.78 is 0. The fraction of sp³-hybridized carbons (Fsp3) is 0.419. The number of benzene rings is 3. The molecule has 0 N–H and O–H groups in total. The van der Waals surface area contributed by atoms with Crippen molar-refractivity contribution in [1.29, 1.82) is 0 Å². The Kier molecular flexibility index (Phi) is 7.99. The molecule has 0 heteroatoms. The van der Waals surface area contributed by atoms with Crippen LogP contribution in [-0.2, 0) is 12.8 Å². The van der Waals surface area contributed by atoms with Crippen molar-refractivity contribution in [1.82, 2.24) is 0 Å². The second-order valence-corrected chi connectivity index (χ2v) is 9.25. The summed E-state index contributed by atoms with van der Waals surface area (Å²) in [5, 5.41) is 0. The molecule has 0 nitrogen and oxygen atoms in total. The predicted molar refractivity (Wildman–Crippen MR) is 136 cm³/mol. The van der Waals surface area contributed by atoms with Crippen LogP contribution in [0.2, 0.25) is 0 Å². The number of aryl methyl sites for hydroxylation is 1. The molecule has 0 radical (unpaired) electrons. The summed E-state index contributed by atoms with van der Waals surface area (Å²) in [5.41, 5.74) is 10.2. The van der Waals surface area contributed by atoms with Gasteiger partial charge in [0.25, 0.3) is 0 Å². The maximum absolute atomic E-state index is 2.35. The van der Waals surface area contributed by atoms with Crippen LogP contribution in [0, 0.1) is 0 Å². The molecule has 0 saturated carbocycles. The first-order valence-corrected chi connectivity index (χ1v) is 12.7. The van der Waals surface area contributed by atoms with Gasteiger partial charge in [0, 0.05) is 0 Å². The fourth-order valence-electron chi connectivity index (χ4n) is 5.21. The Morgan fingerprint density at radius 2 is 1.06 bits per heavy atom. The molecule has 3 aromatic carbocycles. The maximum atomic E-state index is 2.35. The van der Waals surface area contributed by atoms with Crippen LogP contribution < -0.4 is 0 Å². The Labute approximate surface area is 189 Å². The minimum Gasteiger partial charge on any atom is -0.0654 e. The molecule has 0 aromatic heterocycles. The average molecular weight is 411 g/mol. The third kappa shape index (κ3) is 5.48. The Bertz CT molecular complexity index is 965. The van der Waals surface area contributed by atoms with Crippen LogP contribution in [0.25, 0.3) is 22.3 Å². The fourth-order valence-corrected chi connectivity index (χ4v) is 5.21. The van der Waals surface area contributed by atoms with Crippen molar-refractivity contribution >= 4 is 0 Å². The van der Waals surface area contributed by atoms with Gasteiger partial charge in [0.1, 0.15) is 0 Å². The Hall–Kier alpha value is -2.34. The minimum absolute atomic E-state index is 1.06. The van der Waals surface area contributed by atoms with Crippen molar-refractivity contribution in [2.45, 2.75) is 84.0 Å². The van der Waals surface area contributed by atoms with E-state index < -0.39 is 0 Å². The first-order valence-electron chi connectivity index (χ1n) is 12.7. The van der Waals surface area contributed by atoms with Crippen molar-refractivity contribution in [2.24, 2.45) is 0 Å². The van der Waals surface area contributed by atoms with E-state index in [4.69, 9.17) is 0 Å². The molecule has 0 atom stereocenters. The monoisotopic (exact) mass is 410 g/mol. The van der Waals surface area contributed by atoms with Gasteiger partial charge in [-0.15, -0.1) is 0 Å². The average Bonchev–Trinajstić information content (AvgIpc) is 3.19. The lowest BCUT2D eigenvalue weighted by molar-refractivity contribution is 0.556. The van der Waals surface area contributed by atoms with Crippen LogP contribution in [0.5, 0.6) is 0 Å². The molecule has 162 valence electrons. The van der Waals surface area contributed by atoms with Crippen LogP contribution in [0.3, 0.4) is 0 Å². The third-order valence-electron chi connectivity index (χ3n) is 6.96. The normalized spacial score (nSPS) is 12.0. The third-order valence-corrected chi connectivity index (χ3v) is 6.96. The van der Waals surface area contributed by atoms with Crippen LogP contribution in [-0.4, -0.2) is 0 Å². The number of rotatable bonds is 12. The zero-order chi connectivity index (χ0) is 21.3. The molecular formula is C31H38. The highest BCUT2D eigenvalue weighted by Gasteiger charge is 2.21. The molecule has 0 fully saturated rings. The van der Waals surface area contributed by atoms with E-state index in [0.717, 1.165) is 6.42 Å². The summed E-state index contributed by atoms with van der Waals surface area (Å²) in [4.78, 5) is 0. The molecule has 1 aliphatic carbocycles. The Morgan fingerprint density at radius 3 is 1.81 bits per heavy atom. The van der Waals surface area contributed by atoms with Crippen molar-refractivity contribution in [3.63, 3.8) is 0 Å². The zero-order valence-electron chi connectivity index (χ0n) is 19.3. The van der Waals surface area contributed by atoms with Gasteiger partial charge >= 0.3 is 0 Å². The Morgan fingerprint density at radius 1 is 0.516 bits per heavy atom. The molecule has 0 saturated heterocycles. The van der Waals surface area contributed by atoms with Gasteiger partial charge < -0.3 is 0 Å². The number of hydrogen-bond donors (Lipinski definition) is 0. The molecule has 0 unspecified atom stereocenters. The lowest BCUT2D eigenvalue weighted by Gasteiger charge is -2.14. The van der Waals surface area contributed by atoms with Gasteiger partial charge in [-0.25, -0.2) is 0 Å². The van der Waals surface area contributed by atoms with Gasteiger partial charge in [0.05, 0.1) is 0 Å². The van der Waals surface area contributed by atoms with Gasteiger partial charge in [-0.05, 0) is 58.2 Å². The smallest absolute Gasteiger partial charge is 0.000728 e. The summed E-state index contributed by atoms with van der Waals surface area (Å²) in [7, 11) is 0. The number of fused-ring (bicyclic) bond motifs is 3. The summed E-state index contributed by atoms with van der Waals surface area (Å²) in [5.74, 6) is 0. The summed E-state index contributed by atoms with van der Waals surface area (Å²) in [6.07, 6.45) is 16.2. The van der Waals surface area contributed by atoms with E-state index in [-0.39, 0.29) is 0 Å². The first-order chi connectivity index (χ1) is 15.4. The van der Waals surface area contributed by atoms with E-state index in [2.05, 4.69) is 73.7 Å². The Balaban J connectivity index is 1.34. The lowest BCUT2D eigenvalue weighted by atomic mass is 9.90. The van der Waals surface area contributed by atoms with Crippen LogP contribution >= 0.6 is 0 Å². The molecular weight excluding hydrogens is 372 g/mol. The summed E-state index contributed by atoms with van der Waals surface area (Å²) >= 11 is 0. The predicted octanol–water partition coefficient (Wildman–Crippen LogP) is 9.39. The van der Waals surface area contributed by atoms with E-state index >= 15 is 0 Å². The van der Waals surface area contributed by atoms with Crippen molar-refractivity contribution in [2.75, 3.05) is 0 Å². The van der Waals surface area contributed by atoms with Crippen molar-refractivity contribution in [3.05, 3.63) is 83.4 Å². The second-order valence-electron chi connectivity index (χ2n) is 9.25. The molecule has 4 rings (SSSR count).